The average molecular weight is 454 g/mol. The second kappa shape index (κ2) is 8.86. The molecule has 164 valence electrons. The Morgan fingerprint density at radius 2 is 1.87 bits per heavy atom. The molecule has 0 saturated carbocycles. The quantitative estimate of drug-likeness (QED) is 0.643. The largest absolute Gasteiger partial charge is 0.431 e. The molecule has 1 aromatic carbocycles. The number of piperidine rings is 1. The summed E-state index contributed by atoms with van der Waals surface area (Å²) in [6.45, 7) is 6.19. The first kappa shape index (κ1) is 21.6. The number of carbonyl (C=O) groups is 1. The zero-order valence-electron chi connectivity index (χ0n) is 17.2. The van der Waals surface area contributed by atoms with Gasteiger partial charge in [0.2, 0.25) is 15.9 Å². The average Bonchev–Trinajstić information content (AvgIpc) is 3.14. The molecule has 0 unspecified atom stereocenters. The molecule has 0 spiro atoms. The monoisotopic (exact) mass is 453 g/mol. The third-order valence-corrected chi connectivity index (χ3v) is 8.09. The predicted octanol–water partition coefficient (Wildman–Crippen LogP) is 2.73. The lowest BCUT2D eigenvalue weighted by molar-refractivity contribution is -0.140. The van der Waals surface area contributed by atoms with E-state index in [1.807, 2.05) is 13.8 Å². The molecule has 0 N–H and O–H groups in total. The zero-order chi connectivity index (χ0) is 21.3. The number of hydrogen-bond acceptors (Lipinski definition) is 7. The van der Waals surface area contributed by atoms with Crippen LogP contribution >= 0.6 is 11.8 Å². The number of nitrogens with zero attached hydrogens (tertiary/aromatic N) is 3. The molecule has 2 aliphatic rings. The molecule has 30 heavy (non-hydrogen) atoms. The zero-order valence-corrected chi connectivity index (χ0v) is 18.9. The maximum atomic E-state index is 12.9. The van der Waals surface area contributed by atoms with Gasteiger partial charge < -0.3 is 14.1 Å². The molecular formula is C20H27N3O5S2. The van der Waals surface area contributed by atoms with E-state index in [0.717, 1.165) is 19.3 Å². The topological polar surface area (TPSA) is 93.0 Å². The number of ether oxygens (including phenoxy) is 1. The van der Waals surface area contributed by atoms with Crippen LogP contribution in [0.25, 0.3) is 11.1 Å². The number of morpholine rings is 1. The number of amides is 1. The van der Waals surface area contributed by atoms with Gasteiger partial charge in [0.25, 0.3) is 5.22 Å². The molecule has 2 fully saturated rings. The van der Waals surface area contributed by atoms with Crippen LogP contribution in [0.5, 0.6) is 0 Å². The minimum Gasteiger partial charge on any atom is -0.431 e. The molecule has 2 saturated heterocycles. The number of sulfonamides is 1. The van der Waals surface area contributed by atoms with Gasteiger partial charge in [0.05, 0.1) is 22.9 Å². The molecule has 1 aromatic heterocycles. The van der Waals surface area contributed by atoms with Crippen LogP contribution in [-0.2, 0) is 19.6 Å². The molecule has 0 aliphatic carbocycles. The molecule has 2 aromatic rings. The summed E-state index contributed by atoms with van der Waals surface area (Å²) in [7, 11) is -3.52. The number of benzene rings is 1. The molecule has 4 rings (SSSR count). The summed E-state index contributed by atoms with van der Waals surface area (Å²) in [6, 6.07) is 4.75. The van der Waals surface area contributed by atoms with Crippen LogP contribution in [-0.4, -0.2) is 72.7 Å². The Bertz CT molecular complexity index is 1010. The van der Waals surface area contributed by atoms with Gasteiger partial charge in [-0.05, 0) is 44.9 Å². The van der Waals surface area contributed by atoms with Crippen LogP contribution in [0, 0.1) is 0 Å². The number of aromatic nitrogens is 1. The van der Waals surface area contributed by atoms with Gasteiger partial charge in [-0.15, -0.1) is 0 Å². The van der Waals surface area contributed by atoms with E-state index in [1.165, 1.54) is 16.1 Å². The molecule has 0 bridgehead atoms. The number of fused-ring (bicyclic) bond motifs is 1. The van der Waals surface area contributed by atoms with Gasteiger partial charge in [-0.3, -0.25) is 4.79 Å². The summed E-state index contributed by atoms with van der Waals surface area (Å²) < 4.78 is 38.7. The number of hydrogen-bond donors (Lipinski definition) is 0. The number of rotatable bonds is 5. The van der Waals surface area contributed by atoms with Crippen molar-refractivity contribution in [2.24, 2.45) is 0 Å². The predicted molar refractivity (Wildman–Crippen MR) is 114 cm³/mol. The highest BCUT2D eigenvalue weighted by Gasteiger charge is 2.28. The van der Waals surface area contributed by atoms with E-state index in [-0.39, 0.29) is 28.8 Å². The van der Waals surface area contributed by atoms with Gasteiger partial charge in [-0.1, -0.05) is 18.2 Å². The van der Waals surface area contributed by atoms with Gasteiger partial charge in [0.15, 0.2) is 5.58 Å². The van der Waals surface area contributed by atoms with Crippen molar-refractivity contribution in [3.8, 4) is 0 Å². The molecule has 1 amide bonds. The van der Waals surface area contributed by atoms with Gasteiger partial charge in [0.1, 0.15) is 5.52 Å². The van der Waals surface area contributed by atoms with Crippen molar-refractivity contribution in [2.75, 3.05) is 31.9 Å². The van der Waals surface area contributed by atoms with Crippen LogP contribution in [0.1, 0.15) is 33.1 Å². The van der Waals surface area contributed by atoms with E-state index in [0.29, 0.717) is 42.5 Å². The van der Waals surface area contributed by atoms with E-state index < -0.39 is 10.0 Å². The van der Waals surface area contributed by atoms with Crippen LogP contribution in [0.3, 0.4) is 0 Å². The lowest BCUT2D eigenvalue weighted by Gasteiger charge is -2.35. The molecule has 0 radical (unpaired) electrons. The Hall–Kier alpha value is -1.62. The fraction of sp³-hybridized carbons (Fsp3) is 0.600. The summed E-state index contributed by atoms with van der Waals surface area (Å²) in [5, 5.41) is 0.361. The number of carbonyl (C=O) groups excluding carboxylic acids is 1. The Labute approximate surface area is 181 Å². The minimum atomic E-state index is -3.52. The third-order valence-electron chi connectivity index (χ3n) is 5.38. The standard InChI is InChI=1S/C20H27N3O5S2/c1-14-11-22(12-15(2)27-14)19(24)13-29-20-21-17-10-16(6-7-18(17)28-20)30(25,26)23-8-4-3-5-9-23/h6-7,10,14-15H,3-5,8-9,11-13H2,1-2H3/t14-,15+. The second-order valence-electron chi connectivity index (χ2n) is 7.92. The van der Waals surface area contributed by atoms with E-state index in [1.54, 1.807) is 23.1 Å². The van der Waals surface area contributed by atoms with Gasteiger partial charge in [-0.2, -0.15) is 4.31 Å². The van der Waals surface area contributed by atoms with Gasteiger partial charge in [0, 0.05) is 26.2 Å². The molecule has 8 nitrogen and oxygen atoms in total. The van der Waals surface area contributed by atoms with Crippen molar-refractivity contribution in [1.82, 2.24) is 14.2 Å². The van der Waals surface area contributed by atoms with Crippen molar-refractivity contribution in [1.29, 1.82) is 0 Å². The molecule has 10 heteroatoms. The highest BCUT2D eigenvalue weighted by atomic mass is 32.2. The summed E-state index contributed by atoms with van der Waals surface area (Å²) in [5.41, 5.74) is 0.993. The second-order valence-corrected chi connectivity index (χ2v) is 10.8. The first-order valence-corrected chi connectivity index (χ1v) is 12.7. The molecule has 2 aliphatic heterocycles. The van der Waals surface area contributed by atoms with Crippen molar-refractivity contribution in [3.05, 3.63) is 18.2 Å². The van der Waals surface area contributed by atoms with Crippen molar-refractivity contribution >= 4 is 38.8 Å². The molecule has 3 heterocycles. The number of thioether (sulfide) groups is 1. The van der Waals surface area contributed by atoms with Gasteiger partial charge in [-0.25, -0.2) is 13.4 Å². The lowest BCUT2D eigenvalue weighted by atomic mass is 10.2. The van der Waals surface area contributed by atoms with Crippen LogP contribution in [0.2, 0.25) is 0 Å². The normalized spacial score (nSPS) is 23.7. The highest BCUT2D eigenvalue weighted by Crippen LogP contribution is 2.28. The third kappa shape index (κ3) is 4.66. The van der Waals surface area contributed by atoms with Crippen molar-refractivity contribution < 1.29 is 22.4 Å². The summed E-state index contributed by atoms with van der Waals surface area (Å²) in [5.74, 6) is 0.225. The Morgan fingerprint density at radius 1 is 1.17 bits per heavy atom. The maximum Gasteiger partial charge on any atom is 0.257 e. The summed E-state index contributed by atoms with van der Waals surface area (Å²) in [6.07, 6.45) is 2.89. The first-order chi connectivity index (χ1) is 14.3. The molecular weight excluding hydrogens is 426 g/mol. The van der Waals surface area contributed by atoms with E-state index in [9.17, 15) is 13.2 Å². The first-order valence-electron chi connectivity index (χ1n) is 10.3. The van der Waals surface area contributed by atoms with Crippen LogP contribution in [0.15, 0.2) is 32.7 Å². The fourth-order valence-electron chi connectivity index (χ4n) is 3.96. The van der Waals surface area contributed by atoms with Gasteiger partial charge >= 0.3 is 0 Å². The van der Waals surface area contributed by atoms with E-state index >= 15 is 0 Å². The minimum absolute atomic E-state index is 0.0117. The summed E-state index contributed by atoms with van der Waals surface area (Å²) in [4.78, 5) is 19.0. The van der Waals surface area contributed by atoms with Crippen molar-refractivity contribution in [3.63, 3.8) is 0 Å². The number of oxazole rings is 1. The smallest absolute Gasteiger partial charge is 0.257 e. The SMILES string of the molecule is C[C@@H]1CN(C(=O)CSc2nc3cc(S(=O)(=O)N4CCCCC4)ccc3o2)C[C@H](C)O1. The van der Waals surface area contributed by atoms with Crippen LogP contribution < -0.4 is 0 Å². The van der Waals surface area contributed by atoms with E-state index in [4.69, 9.17) is 9.15 Å². The summed E-state index contributed by atoms with van der Waals surface area (Å²) >= 11 is 1.22. The Kier molecular flexibility index (Phi) is 6.38. The Balaban J connectivity index is 1.44. The van der Waals surface area contributed by atoms with Crippen LogP contribution in [0.4, 0.5) is 0 Å². The maximum absolute atomic E-state index is 12.9. The fourth-order valence-corrected chi connectivity index (χ4v) is 6.24. The Morgan fingerprint density at radius 3 is 2.57 bits per heavy atom. The van der Waals surface area contributed by atoms with Crippen molar-refractivity contribution in [2.45, 2.75) is 55.4 Å². The van der Waals surface area contributed by atoms with E-state index in [2.05, 4.69) is 4.98 Å². The highest BCUT2D eigenvalue weighted by molar-refractivity contribution is 7.99. The molecule has 2 atom stereocenters. The lowest BCUT2D eigenvalue weighted by Crippen LogP contribution is -2.48.